The van der Waals surface area contributed by atoms with Gasteiger partial charge in [-0.3, -0.25) is 0 Å². The van der Waals surface area contributed by atoms with E-state index in [1.165, 1.54) is 11.6 Å². The van der Waals surface area contributed by atoms with Crippen LogP contribution in [0.5, 0.6) is 0 Å². The molecule has 0 N–H and O–H groups in total. The minimum atomic E-state index is -0.274. The highest BCUT2D eigenvalue weighted by Crippen LogP contribution is 2.19. The Morgan fingerprint density at radius 2 is 2.00 bits per heavy atom. The van der Waals surface area contributed by atoms with E-state index in [4.69, 9.17) is 4.74 Å². The molecule has 0 bridgehead atoms. The van der Waals surface area contributed by atoms with Crippen molar-refractivity contribution >= 4 is 5.97 Å². The van der Waals surface area contributed by atoms with Crippen molar-refractivity contribution in [1.29, 1.82) is 0 Å². The van der Waals surface area contributed by atoms with Crippen LogP contribution < -0.4 is 0 Å². The molecule has 0 aromatic heterocycles. The van der Waals surface area contributed by atoms with E-state index in [0.717, 1.165) is 16.7 Å². The first-order valence-corrected chi connectivity index (χ1v) is 6.31. The van der Waals surface area contributed by atoms with E-state index in [1.54, 1.807) is 0 Å². The van der Waals surface area contributed by atoms with Crippen LogP contribution in [0, 0.1) is 6.92 Å². The molecule has 2 heteroatoms. The summed E-state index contributed by atoms with van der Waals surface area (Å²) >= 11 is 0. The molecule has 0 amide bonds. The number of allylic oxidation sites excluding steroid dienone is 1. The van der Waals surface area contributed by atoms with Crippen LogP contribution in [0.2, 0.25) is 0 Å². The second-order valence-corrected chi connectivity index (χ2v) is 5.17. The molecule has 0 radical (unpaired) electrons. The topological polar surface area (TPSA) is 26.3 Å². The van der Waals surface area contributed by atoms with E-state index in [0.29, 0.717) is 12.5 Å². The van der Waals surface area contributed by atoms with Gasteiger partial charge in [0, 0.05) is 6.08 Å². The molecule has 0 saturated heterocycles. The van der Waals surface area contributed by atoms with Crippen molar-refractivity contribution in [1.82, 2.24) is 0 Å². The highest BCUT2D eigenvalue weighted by atomic mass is 16.5. The molecule has 0 unspecified atom stereocenters. The molecule has 18 heavy (non-hydrogen) atoms. The van der Waals surface area contributed by atoms with Gasteiger partial charge in [0.25, 0.3) is 0 Å². The average molecular weight is 246 g/mol. The molecular formula is C16H22O2. The summed E-state index contributed by atoms with van der Waals surface area (Å²) in [6, 6.07) is 6.33. The number of ether oxygens (including phenoxy) is 1. The molecule has 0 saturated carbocycles. The van der Waals surface area contributed by atoms with Crippen LogP contribution in [0.15, 0.2) is 29.8 Å². The monoisotopic (exact) mass is 246 g/mol. The van der Waals surface area contributed by atoms with E-state index in [1.807, 2.05) is 20.8 Å². The van der Waals surface area contributed by atoms with Gasteiger partial charge in [-0.05, 0) is 43.4 Å². The first kappa shape index (κ1) is 14.5. The van der Waals surface area contributed by atoms with Gasteiger partial charge in [0.15, 0.2) is 0 Å². The van der Waals surface area contributed by atoms with Crippen LogP contribution in [-0.4, -0.2) is 5.97 Å². The Hall–Kier alpha value is -1.57. The number of hydrogen-bond acceptors (Lipinski definition) is 2. The Morgan fingerprint density at radius 1 is 1.33 bits per heavy atom. The van der Waals surface area contributed by atoms with Crippen molar-refractivity contribution in [2.75, 3.05) is 0 Å². The van der Waals surface area contributed by atoms with Crippen molar-refractivity contribution in [2.24, 2.45) is 0 Å². The minimum Gasteiger partial charge on any atom is -0.458 e. The lowest BCUT2D eigenvalue weighted by Gasteiger charge is -2.11. The maximum atomic E-state index is 11.5. The maximum Gasteiger partial charge on any atom is 0.331 e. The predicted molar refractivity (Wildman–Crippen MR) is 74.5 cm³/mol. The van der Waals surface area contributed by atoms with Crippen molar-refractivity contribution in [3.63, 3.8) is 0 Å². The van der Waals surface area contributed by atoms with Crippen LogP contribution in [0.4, 0.5) is 0 Å². The van der Waals surface area contributed by atoms with Gasteiger partial charge in [0.05, 0.1) is 0 Å². The molecule has 0 aliphatic heterocycles. The zero-order valence-electron chi connectivity index (χ0n) is 11.9. The lowest BCUT2D eigenvalue weighted by atomic mass is 9.98. The third-order valence-electron chi connectivity index (χ3n) is 2.82. The number of carbonyl (C=O) groups is 1. The number of esters is 1. The Kier molecular flexibility index (Phi) is 5.14. The molecule has 0 fully saturated rings. The highest BCUT2D eigenvalue weighted by molar-refractivity contribution is 5.82. The second-order valence-electron chi connectivity index (χ2n) is 5.17. The van der Waals surface area contributed by atoms with Crippen LogP contribution in [0.1, 0.15) is 50.3 Å². The van der Waals surface area contributed by atoms with Crippen LogP contribution >= 0.6 is 0 Å². The van der Waals surface area contributed by atoms with Gasteiger partial charge in [-0.25, -0.2) is 4.79 Å². The lowest BCUT2D eigenvalue weighted by Crippen LogP contribution is -2.03. The molecule has 1 aromatic rings. The highest BCUT2D eigenvalue weighted by Gasteiger charge is 2.06. The average Bonchev–Trinajstić information content (AvgIpc) is 2.26. The molecule has 98 valence electrons. The SMILES string of the molecule is CC(C)=CC(=O)OCc1cc(C(C)C)ccc1C. The summed E-state index contributed by atoms with van der Waals surface area (Å²) < 4.78 is 5.24. The van der Waals surface area contributed by atoms with Crippen LogP contribution in [0.3, 0.4) is 0 Å². The molecule has 2 nitrogen and oxygen atoms in total. The van der Waals surface area contributed by atoms with E-state index in [9.17, 15) is 4.79 Å². The van der Waals surface area contributed by atoms with Gasteiger partial charge in [0.2, 0.25) is 0 Å². The standard InChI is InChI=1S/C16H22O2/c1-11(2)8-16(17)18-10-15-9-14(12(3)4)7-6-13(15)5/h6-9,12H,10H2,1-5H3. The van der Waals surface area contributed by atoms with E-state index < -0.39 is 0 Å². The molecule has 0 atom stereocenters. The molecule has 0 aliphatic carbocycles. The van der Waals surface area contributed by atoms with Crippen molar-refractivity contribution < 1.29 is 9.53 Å². The summed E-state index contributed by atoms with van der Waals surface area (Å²) in [7, 11) is 0. The molecule has 1 aromatic carbocycles. The molecular weight excluding hydrogens is 224 g/mol. The fourth-order valence-electron chi connectivity index (χ4n) is 1.63. The smallest absolute Gasteiger partial charge is 0.331 e. The van der Waals surface area contributed by atoms with E-state index >= 15 is 0 Å². The van der Waals surface area contributed by atoms with Crippen LogP contribution in [-0.2, 0) is 16.1 Å². The predicted octanol–water partition coefficient (Wildman–Crippen LogP) is 4.13. The lowest BCUT2D eigenvalue weighted by molar-refractivity contribution is -0.139. The quantitative estimate of drug-likeness (QED) is 0.590. The first-order chi connectivity index (χ1) is 8.40. The van der Waals surface area contributed by atoms with E-state index in [-0.39, 0.29) is 5.97 Å². The van der Waals surface area contributed by atoms with Crippen molar-refractivity contribution in [2.45, 2.75) is 47.1 Å². The summed E-state index contributed by atoms with van der Waals surface area (Å²) in [5.41, 5.74) is 4.46. The molecule has 1 rings (SSSR count). The zero-order chi connectivity index (χ0) is 13.7. The van der Waals surface area contributed by atoms with E-state index in [2.05, 4.69) is 32.0 Å². The fraction of sp³-hybridized carbons (Fsp3) is 0.438. The van der Waals surface area contributed by atoms with Crippen molar-refractivity contribution in [3.05, 3.63) is 46.5 Å². The van der Waals surface area contributed by atoms with Crippen molar-refractivity contribution in [3.8, 4) is 0 Å². The first-order valence-electron chi connectivity index (χ1n) is 6.31. The number of carbonyl (C=O) groups excluding carboxylic acids is 1. The number of aryl methyl sites for hydroxylation is 1. The minimum absolute atomic E-state index is 0.274. The number of rotatable bonds is 4. The van der Waals surface area contributed by atoms with Gasteiger partial charge >= 0.3 is 5.97 Å². The third-order valence-corrected chi connectivity index (χ3v) is 2.82. The number of hydrogen-bond donors (Lipinski definition) is 0. The Bertz CT molecular complexity index is 452. The third kappa shape index (κ3) is 4.36. The summed E-state index contributed by atoms with van der Waals surface area (Å²) in [5, 5.41) is 0. The van der Waals surface area contributed by atoms with Crippen LogP contribution in [0.25, 0.3) is 0 Å². The number of benzene rings is 1. The zero-order valence-corrected chi connectivity index (χ0v) is 11.9. The van der Waals surface area contributed by atoms with Gasteiger partial charge < -0.3 is 4.74 Å². The second kappa shape index (κ2) is 6.39. The summed E-state index contributed by atoms with van der Waals surface area (Å²) in [6.07, 6.45) is 1.52. The molecule has 0 aliphatic rings. The fourth-order valence-corrected chi connectivity index (χ4v) is 1.63. The Balaban J connectivity index is 2.75. The summed E-state index contributed by atoms with van der Waals surface area (Å²) in [6.45, 7) is 10.5. The molecule has 0 heterocycles. The summed E-state index contributed by atoms with van der Waals surface area (Å²) in [4.78, 5) is 11.5. The molecule has 0 spiro atoms. The summed E-state index contributed by atoms with van der Waals surface area (Å²) in [5.74, 6) is 0.210. The maximum absolute atomic E-state index is 11.5. The van der Waals surface area contributed by atoms with Gasteiger partial charge in [-0.1, -0.05) is 37.6 Å². The Morgan fingerprint density at radius 3 is 2.56 bits per heavy atom. The largest absolute Gasteiger partial charge is 0.458 e. The van der Waals surface area contributed by atoms with Gasteiger partial charge in [-0.2, -0.15) is 0 Å². The van der Waals surface area contributed by atoms with Gasteiger partial charge in [-0.15, -0.1) is 0 Å². The van der Waals surface area contributed by atoms with Gasteiger partial charge in [0.1, 0.15) is 6.61 Å². The normalized spacial score (nSPS) is 10.3. The Labute approximate surface area is 110 Å².